The van der Waals surface area contributed by atoms with Crippen molar-refractivity contribution >= 4 is 47.4 Å². The van der Waals surface area contributed by atoms with Crippen LogP contribution in [0.15, 0.2) is 65.7 Å². The number of likely N-dealkylation sites (tertiary alicyclic amines) is 2. The second-order valence-electron chi connectivity index (χ2n) is 15.4. The molecule has 60 heavy (non-hydrogen) atoms. The Morgan fingerprint density at radius 3 is 1.93 bits per heavy atom. The lowest BCUT2D eigenvalue weighted by molar-refractivity contribution is -0.142. The number of amides is 6. The van der Waals surface area contributed by atoms with Crippen molar-refractivity contribution in [3.63, 3.8) is 0 Å². The van der Waals surface area contributed by atoms with Crippen molar-refractivity contribution in [2.24, 2.45) is 28.1 Å². The van der Waals surface area contributed by atoms with Gasteiger partial charge in [0.05, 0.1) is 12.6 Å². The summed E-state index contributed by atoms with van der Waals surface area (Å²) in [4.78, 5) is 100. The summed E-state index contributed by atoms with van der Waals surface area (Å²) in [5.74, 6) is -5.12. The van der Waals surface area contributed by atoms with Crippen molar-refractivity contribution < 1.29 is 38.7 Å². The Morgan fingerprint density at radius 1 is 0.783 bits per heavy atom. The Bertz CT molecular complexity index is 1830. The number of guanidine groups is 1. The van der Waals surface area contributed by atoms with E-state index in [0.717, 1.165) is 5.56 Å². The normalized spacial score (nSPS) is 18.6. The van der Waals surface area contributed by atoms with Gasteiger partial charge in [0.2, 0.25) is 35.4 Å². The Kier molecular flexibility index (Phi) is 17.8. The fourth-order valence-electron chi connectivity index (χ4n) is 7.50. The lowest BCUT2D eigenvalue weighted by Gasteiger charge is -2.30. The van der Waals surface area contributed by atoms with E-state index in [-0.39, 0.29) is 44.2 Å². The van der Waals surface area contributed by atoms with E-state index >= 15 is 0 Å². The van der Waals surface area contributed by atoms with E-state index < -0.39 is 84.2 Å². The molecular weight excluding hydrogens is 773 g/mol. The maximum Gasteiger partial charge on any atom is 0.326 e. The van der Waals surface area contributed by atoms with Gasteiger partial charge in [-0.2, -0.15) is 0 Å². The van der Waals surface area contributed by atoms with E-state index in [9.17, 15) is 38.7 Å². The third-order valence-corrected chi connectivity index (χ3v) is 11.0. The number of benzene rings is 2. The lowest BCUT2D eigenvalue weighted by atomic mass is 9.96. The molecule has 0 bridgehead atoms. The van der Waals surface area contributed by atoms with Gasteiger partial charge in [-0.1, -0.05) is 80.9 Å². The number of aliphatic imine (C=N–C) groups is 1. The molecule has 6 amide bonds. The molecule has 18 heteroatoms. The number of carbonyl (C=O) groups excluding carboxylic acids is 6. The van der Waals surface area contributed by atoms with E-state index in [1.165, 1.54) is 9.80 Å². The van der Waals surface area contributed by atoms with Gasteiger partial charge in [0.1, 0.15) is 30.2 Å². The first-order chi connectivity index (χ1) is 28.7. The number of carbonyl (C=O) groups is 7. The van der Waals surface area contributed by atoms with Crippen LogP contribution >= 0.6 is 0 Å². The van der Waals surface area contributed by atoms with Crippen LogP contribution in [-0.4, -0.2) is 125 Å². The summed E-state index contributed by atoms with van der Waals surface area (Å²) in [6.45, 7) is 3.96. The van der Waals surface area contributed by atoms with Crippen LogP contribution in [0.3, 0.4) is 0 Å². The highest BCUT2D eigenvalue weighted by molar-refractivity contribution is 5.96. The number of rotatable bonds is 21. The van der Waals surface area contributed by atoms with Gasteiger partial charge in [0, 0.05) is 26.1 Å². The highest BCUT2D eigenvalue weighted by Crippen LogP contribution is 2.21. The molecule has 326 valence electrons. The molecule has 4 rings (SSSR count). The van der Waals surface area contributed by atoms with Gasteiger partial charge in [0.15, 0.2) is 5.96 Å². The average molecular weight is 833 g/mol. The maximum atomic E-state index is 13.9. The zero-order chi connectivity index (χ0) is 43.8. The lowest BCUT2D eigenvalue weighted by Crippen LogP contribution is -2.59. The number of aliphatic carboxylic acids is 1. The molecule has 18 nitrogen and oxygen atoms in total. The molecule has 7 atom stereocenters. The highest BCUT2D eigenvalue weighted by Gasteiger charge is 2.40. The molecule has 2 fully saturated rings. The molecule has 0 spiro atoms. The SMILES string of the molecule is CC[C@H](C)[C@H](NC(=O)[C@@H]1CCCN1C(=O)CNC(=O)[C@@H]1CCCN1C(=O)[C@@H](N)Cc1ccccc1)C(=O)N[C@@H](CCCN=C(N)N)C(=O)N[C@@H](Cc1ccccc1)C(=O)O. The average Bonchev–Trinajstić information content (AvgIpc) is 3.94. The quantitative estimate of drug-likeness (QED) is 0.0453. The smallest absolute Gasteiger partial charge is 0.326 e. The minimum atomic E-state index is -1.29. The molecular formula is C42H60N10O8. The number of nitrogens with two attached hydrogens (primary N) is 3. The van der Waals surface area contributed by atoms with Gasteiger partial charge < -0.3 is 53.4 Å². The topological polar surface area (TPSA) is 285 Å². The van der Waals surface area contributed by atoms with E-state index in [1.54, 1.807) is 37.3 Å². The minimum Gasteiger partial charge on any atom is -0.480 e. The molecule has 2 aromatic rings. The number of hydrogen-bond donors (Lipinski definition) is 8. The van der Waals surface area contributed by atoms with E-state index in [2.05, 4.69) is 26.3 Å². The Morgan fingerprint density at radius 2 is 1.35 bits per heavy atom. The van der Waals surface area contributed by atoms with Crippen LogP contribution in [0.5, 0.6) is 0 Å². The van der Waals surface area contributed by atoms with E-state index in [4.69, 9.17) is 17.2 Å². The van der Waals surface area contributed by atoms with Crippen LogP contribution < -0.4 is 38.5 Å². The molecule has 2 saturated heterocycles. The molecule has 2 aliphatic rings. The van der Waals surface area contributed by atoms with Crippen LogP contribution in [0.25, 0.3) is 0 Å². The van der Waals surface area contributed by atoms with Crippen molar-refractivity contribution in [1.82, 2.24) is 31.1 Å². The van der Waals surface area contributed by atoms with Gasteiger partial charge in [-0.15, -0.1) is 0 Å². The fourth-order valence-corrected chi connectivity index (χ4v) is 7.50. The first kappa shape index (κ1) is 46.6. The van der Waals surface area contributed by atoms with Crippen molar-refractivity contribution in [2.75, 3.05) is 26.2 Å². The largest absolute Gasteiger partial charge is 0.480 e. The van der Waals surface area contributed by atoms with Crippen LogP contribution in [0.1, 0.15) is 69.9 Å². The summed E-state index contributed by atoms with van der Waals surface area (Å²) in [5, 5.41) is 20.6. The van der Waals surface area contributed by atoms with E-state index in [0.29, 0.717) is 50.6 Å². The van der Waals surface area contributed by atoms with Crippen molar-refractivity contribution in [3.8, 4) is 0 Å². The molecule has 11 N–H and O–H groups in total. The first-order valence-corrected chi connectivity index (χ1v) is 20.6. The Labute approximate surface area is 350 Å². The molecule has 2 aliphatic heterocycles. The van der Waals surface area contributed by atoms with Crippen molar-refractivity contribution in [1.29, 1.82) is 0 Å². The molecule has 0 aliphatic carbocycles. The standard InChI is InChI=1S/C42H60N10O8/c1-3-26(2)35(39(57)48-30(17-10-20-46-42(44)45)36(54)49-31(41(59)60)24-28-15-8-5-9-16-28)50-38(56)33-19-11-21-51(33)34(53)25-47-37(55)32-18-12-22-52(32)40(58)29(43)23-27-13-6-4-7-14-27/h4-9,13-16,26,29-33,35H,3,10-12,17-25,43H2,1-2H3,(H,47,55)(H,48,57)(H,49,54)(H,50,56)(H,59,60)(H4,44,45,46)/t26-,29-,30-,31-,32-,33-,35-/m0/s1. The molecule has 2 aromatic carbocycles. The summed E-state index contributed by atoms with van der Waals surface area (Å²) < 4.78 is 0. The summed E-state index contributed by atoms with van der Waals surface area (Å²) in [6.07, 6.45) is 2.96. The predicted molar refractivity (Wildman–Crippen MR) is 224 cm³/mol. The zero-order valence-corrected chi connectivity index (χ0v) is 34.4. The minimum absolute atomic E-state index is 0.00498. The fraction of sp³-hybridized carbons (Fsp3) is 0.524. The summed E-state index contributed by atoms with van der Waals surface area (Å²) in [7, 11) is 0. The number of carboxylic acid groups (broad SMARTS) is 1. The highest BCUT2D eigenvalue weighted by atomic mass is 16.4. The second kappa shape index (κ2) is 22.9. The van der Waals surface area contributed by atoms with Crippen LogP contribution in [0, 0.1) is 5.92 Å². The van der Waals surface area contributed by atoms with Gasteiger partial charge in [-0.25, -0.2) is 4.79 Å². The zero-order valence-electron chi connectivity index (χ0n) is 34.4. The van der Waals surface area contributed by atoms with Crippen LogP contribution in [0.2, 0.25) is 0 Å². The molecule has 0 saturated carbocycles. The monoisotopic (exact) mass is 832 g/mol. The van der Waals surface area contributed by atoms with Gasteiger partial charge >= 0.3 is 5.97 Å². The van der Waals surface area contributed by atoms with Crippen LogP contribution in [0.4, 0.5) is 0 Å². The third kappa shape index (κ3) is 13.5. The van der Waals surface area contributed by atoms with Gasteiger partial charge in [-0.05, 0) is 62.0 Å². The maximum absolute atomic E-state index is 13.9. The molecule has 0 unspecified atom stereocenters. The summed E-state index contributed by atoms with van der Waals surface area (Å²) in [6, 6.07) is 12.0. The first-order valence-electron chi connectivity index (χ1n) is 20.6. The van der Waals surface area contributed by atoms with Crippen molar-refractivity contribution in [3.05, 3.63) is 71.8 Å². The Balaban J connectivity index is 1.38. The molecule has 0 aromatic heterocycles. The Hall–Kier alpha value is -6.04. The van der Waals surface area contributed by atoms with Crippen LogP contribution in [-0.2, 0) is 46.4 Å². The molecule has 2 heterocycles. The van der Waals surface area contributed by atoms with E-state index in [1.807, 2.05) is 37.3 Å². The summed E-state index contributed by atoms with van der Waals surface area (Å²) in [5.41, 5.74) is 18.7. The van der Waals surface area contributed by atoms with Gasteiger partial charge in [-0.3, -0.25) is 33.8 Å². The predicted octanol–water partition coefficient (Wildman–Crippen LogP) is -0.464. The molecule has 0 radical (unpaired) electrons. The summed E-state index contributed by atoms with van der Waals surface area (Å²) >= 11 is 0. The van der Waals surface area contributed by atoms with Gasteiger partial charge in [0.25, 0.3) is 0 Å². The number of hydrogen-bond acceptors (Lipinski definition) is 9. The van der Waals surface area contributed by atoms with Crippen molar-refractivity contribution in [2.45, 2.75) is 108 Å². The second-order valence-corrected chi connectivity index (χ2v) is 15.4. The number of nitrogens with zero attached hydrogens (tertiary/aromatic N) is 3. The third-order valence-electron chi connectivity index (χ3n) is 11.0. The number of nitrogens with one attached hydrogen (secondary N) is 4. The number of carboxylic acids is 1.